The van der Waals surface area contributed by atoms with Crippen LogP contribution in [0.3, 0.4) is 0 Å². The summed E-state index contributed by atoms with van der Waals surface area (Å²) in [6, 6.07) is 8.34. The molecule has 0 aliphatic heterocycles. The number of rotatable bonds is 0. The van der Waals surface area contributed by atoms with Gasteiger partial charge in [0.15, 0.2) is 0 Å². The molecule has 0 spiro atoms. The fraction of sp³-hybridized carbons (Fsp3) is 0. The standard InChI is InChI=1S/C7H3FN.Zn/c8-7-4-2-1-3-6(7)5-9;/h1-2,4H;/q-1;. The Labute approximate surface area is 71.2 Å². The minimum absolute atomic E-state index is 0. The van der Waals surface area contributed by atoms with Gasteiger partial charge in [-0.05, 0) is 11.6 Å². The third-order valence-electron chi connectivity index (χ3n) is 0.917. The summed E-state index contributed by atoms with van der Waals surface area (Å²) in [5.74, 6) is -0.514. The molecule has 1 rings (SSSR count). The van der Waals surface area contributed by atoms with Crippen molar-refractivity contribution >= 4 is 0 Å². The molecule has 3 heteroatoms. The third kappa shape index (κ3) is 1.89. The molecule has 0 bridgehead atoms. The van der Waals surface area contributed by atoms with Crippen LogP contribution in [0.5, 0.6) is 0 Å². The maximum absolute atomic E-state index is 12.3. The van der Waals surface area contributed by atoms with Gasteiger partial charge in [-0.15, -0.1) is 24.3 Å². The number of nitrogens with zero attached hydrogens (tertiary/aromatic N) is 1. The van der Waals surface area contributed by atoms with Crippen molar-refractivity contribution in [3.05, 3.63) is 35.6 Å². The normalized spacial score (nSPS) is 7.60. The van der Waals surface area contributed by atoms with E-state index >= 15 is 0 Å². The van der Waals surface area contributed by atoms with E-state index < -0.39 is 5.82 Å². The van der Waals surface area contributed by atoms with Crippen molar-refractivity contribution in [2.45, 2.75) is 0 Å². The minimum Gasteiger partial charge on any atom is -0.265 e. The van der Waals surface area contributed by atoms with Crippen LogP contribution >= 0.6 is 0 Å². The Morgan fingerprint density at radius 3 is 2.70 bits per heavy atom. The van der Waals surface area contributed by atoms with Gasteiger partial charge in [-0.1, -0.05) is 0 Å². The molecule has 0 amide bonds. The molecule has 46 valence electrons. The van der Waals surface area contributed by atoms with Gasteiger partial charge in [0.2, 0.25) is 0 Å². The van der Waals surface area contributed by atoms with Crippen LogP contribution in [-0.2, 0) is 19.5 Å². The van der Waals surface area contributed by atoms with Gasteiger partial charge < -0.3 is 0 Å². The molecule has 0 fully saturated rings. The number of hydrogen-bond acceptors (Lipinski definition) is 1. The predicted molar refractivity (Wildman–Crippen MR) is 30.0 cm³/mol. The molecular formula is C7H3FNZn-. The summed E-state index contributed by atoms with van der Waals surface area (Å²) in [6.45, 7) is 0. The van der Waals surface area contributed by atoms with Gasteiger partial charge >= 0.3 is 0 Å². The van der Waals surface area contributed by atoms with Crippen molar-refractivity contribution < 1.29 is 23.9 Å². The zero-order chi connectivity index (χ0) is 6.69. The molecule has 0 aliphatic rings. The summed E-state index contributed by atoms with van der Waals surface area (Å²) >= 11 is 0. The van der Waals surface area contributed by atoms with Crippen molar-refractivity contribution in [3.8, 4) is 6.07 Å². The SMILES string of the molecule is N#Cc1[c-]cccc1F.[Zn]. The fourth-order valence-electron chi connectivity index (χ4n) is 0.502. The van der Waals surface area contributed by atoms with E-state index in [2.05, 4.69) is 6.07 Å². The maximum Gasteiger partial charge on any atom is 0.0452 e. The average molecular weight is 185 g/mol. The summed E-state index contributed by atoms with van der Waals surface area (Å²) in [7, 11) is 0. The monoisotopic (exact) mass is 184 g/mol. The zero-order valence-corrected chi connectivity index (χ0v) is 8.23. The second kappa shape index (κ2) is 4.14. The van der Waals surface area contributed by atoms with Gasteiger partial charge in [0, 0.05) is 25.3 Å². The van der Waals surface area contributed by atoms with Gasteiger partial charge in [0.05, 0.1) is 0 Å². The molecule has 0 saturated carbocycles. The molecule has 0 aliphatic carbocycles. The molecule has 1 aromatic rings. The van der Waals surface area contributed by atoms with Gasteiger partial charge in [0.1, 0.15) is 0 Å². The van der Waals surface area contributed by atoms with E-state index in [1.54, 1.807) is 6.07 Å². The Morgan fingerprint density at radius 1 is 1.60 bits per heavy atom. The Kier molecular flexibility index (Phi) is 3.83. The van der Waals surface area contributed by atoms with Crippen LogP contribution in [0.15, 0.2) is 18.2 Å². The van der Waals surface area contributed by atoms with Crippen LogP contribution in [0, 0.1) is 23.2 Å². The van der Waals surface area contributed by atoms with Crippen molar-refractivity contribution in [3.63, 3.8) is 0 Å². The zero-order valence-electron chi connectivity index (χ0n) is 5.26. The Bertz CT molecular complexity index is 254. The molecule has 0 heterocycles. The van der Waals surface area contributed by atoms with E-state index in [0.29, 0.717) is 0 Å². The fourth-order valence-corrected chi connectivity index (χ4v) is 0.502. The van der Waals surface area contributed by atoms with Crippen LogP contribution in [0.2, 0.25) is 0 Å². The van der Waals surface area contributed by atoms with Gasteiger partial charge in [0.25, 0.3) is 0 Å². The summed E-state index contributed by atoms with van der Waals surface area (Å²) < 4.78 is 12.3. The third-order valence-corrected chi connectivity index (χ3v) is 0.917. The molecule has 0 radical (unpaired) electrons. The summed E-state index contributed by atoms with van der Waals surface area (Å²) in [5, 5.41) is 8.20. The molecule has 0 N–H and O–H groups in total. The Hall–Kier alpha value is -0.737. The number of nitriles is 1. The van der Waals surface area contributed by atoms with Crippen molar-refractivity contribution in [1.82, 2.24) is 0 Å². The summed E-state index contributed by atoms with van der Waals surface area (Å²) in [6.07, 6.45) is 0. The first-order valence-electron chi connectivity index (χ1n) is 2.41. The van der Waals surface area contributed by atoms with E-state index in [9.17, 15) is 4.39 Å². The first-order valence-corrected chi connectivity index (χ1v) is 2.41. The summed E-state index contributed by atoms with van der Waals surface area (Å²) in [5.41, 5.74) is -0.0301. The molecule has 0 atom stereocenters. The molecule has 0 unspecified atom stereocenters. The molecule has 0 saturated heterocycles. The summed E-state index contributed by atoms with van der Waals surface area (Å²) in [4.78, 5) is 0. The minimum atomic E-state index is -0.514. The van der Waals surface area contributed by atoms with Crippen molar-refractivity contribution in [2.24, 2.45) is 0 Å². The van der Waals surface area contributed by atoms with Crippen molar-refractivity contribution in [1.29, 1.82) is 5.26 Å². The van der Waals surface area contributed by atoms with E-state index in [1.807, 2.05) is 0 Å². The molecule has 1 nitrogen and oxygen atoms in total. The van der Waals surface area contributed by atoms with Crippen LogP contribution in [0.4, 0.5) is 4.39 Å². The molecule has 10 heavy (non-hydrogen) atoms. The number of halogens is 1. The van der Waals surface area contributed by atoms with Gasteiger partial charge in [-0.2, -0.15) is 0 Å². The number of hydrogen-bond donors (Lipinski definition) is 0. The van der Waals surface area contributed by atoms with E-state index in [-0.39, 0.29) is 25.0 Å². The first kappa shape index (κ1) is 9.26. The second-order valence-corrected chi connectivity index (χ2v) is 1.50. The maximum atomic E-state index is 12.3. The molecule has 0 aromatic heterocycles. The smallest absolute Gasteiger partial charge is 0.0452 e. The van der Waals surface area contributed by atoms with Crippen LogP contribution in [-0.4, -0.2) is 0 Å². The Balaban J connectivity index is 0.000000810. The molecular weight excluding hydrogens is 182 g/mol. The van der Waals surface area contributed by atoms with E-state index in [0.717, 1.165) is 0 Å². The average Bonchev–Trinajstić information content (AvgIpc) is 1.89. The number of benzene rings is 1. The predicted octanol–water partition coefficient (Wildman–Crippen LogP) is 1.50. The van der Waals surface area contributed by atoms with Gasteiger partial charge in [-0.25, -0.2) is 0 Å². The first-order chi connectivity index (χ1) is 4.34. The van der Waals surface area contributed by atoms with Gasteiger partial charge in [-0.3, -0.25) is 9.65 Å². The van der Waals surface area contributed by atoms with Crippen LogP contribution in [0.25, 0.3) is 0 Å². The topological polar surface area (TPSA) is 23.8 Å². The Morgan fingerprint density at radius 2 is 2.30 bits per heavy atom. The van der Waals surface area contributed by atoms with E-state index in [4.69, 9.17) is 5.26 Å². The molecule has 1 aromatic carbocycles. The quantitative estimate of drug-likeness (QED) is 0.444. The largest absolute Gasteiger partial charge is 0.265 e. The van der Waals surface area contributed by atoms with Crippen LogP contribution < -0.4 is 0 Å². The van der Waals surface area contributed by atoms with E-state index in [1.165, 1.54) is 18.2 Å². The van der Waals surface area contributed by atoms with Crippen LogP contribution in [0.1, 0.15) is 5.56 Å². The van der Waals surface area contributed by atoms with Crippen molar-refractivity contribution in [2.75, 3.05) is 0 Å². The second-order valence-electron chi connectivity index (χ2n) is 1.50.